The first-order valence-electron chi connectivity index (χ1n) is 6.76. The largest absolute Gasteiger partial charge is 0.397 e. The molecule has 2 rings (SSSR count). The number of carbonyl (C=O) groups is 1. The van der Waals surface area contributed by atoms with Gasteiger partial charge in [0.2, 0.25) is 5.91 Å². The van der Waals surface area contributed by atoms with E-state index < -0.39 is 0 Å². The first kappa shape index (κ1) is 17.5. The van der Waals surface area contributed by atoms with Gasteiger partial charge in [-0.2, -0.15) is 0 Å². The van der Waals surface area contributed by atoms with Crippen molar-refractivity contribution in [1.82, 2.24) is 0 Å². The van der Waals surface area contributed by atoms with Gasteiger partial charge in [0.25, 0.3) is 0 Å². The Kier molecular flexibility index (Phi) is 6.72. The van der Waals surface area contributed by atoms with E-state index in [0.717, 1.165) is 12.8 Å². The summed E-state index contributed by atoms with van der Waals surface area (Å²) in [4.78, 5) is 14.6. The molecule has 0 aliphatic carbocycles. The van der Waals surface area contributed by atoms with Gasteiger partial charge in [0, 0.05) is 16.2 Å². The first-order chi connectivity index (χ1) is 9.56. The van der Waals surface area contributed by atoms with Crippen LogP contribution >= 0.6 is 23.7 Å². The molecule has 0 atom stereocenters. The van der Waals surface area contributed by atoms with E-state index in [1.54, 1.807) is 6.07 Å². The summed E-state index contributed by atoms with van der Waals surface area (Å²) in [6.07, 6.45) is 2.33. The lowest BCUT2D eigenvalue weighted by molar-refractivity contribution is -0.116. The van der Waals surface area contributed by atoms with Crippen LogP contribution in [-0.2, 0) is 11.2 Å². The molecule has 5 heteroatoms. The third-order valence-electron chi connectivity index (χ3n) is 3.23. The monoisotopic (exact) mass is 324 g/mol. The number of rotatable bonds is 5. The van der Waals surface area contributed by atoms with Gasteiger partial charge in [-0.25, -0.2) is 0 Å². The van der Waals surface area contributed by atoms with E-state index >= 15 is 0 Å². The summed E-state index contributed by atoms with van der Waals surface area (Å²) in [6.45, 7) is 4.25. The van der Waals surface area contributed by atoms with Crippen molar-refractivity contribution in [3.8, 4) is 0 Å². The predicted molar refractivity (Wildman–Crippen MR) is 93.5 cm³/mol. The Morgan fingerprint density at radius 1 is 1.29 bits per heavy atom. The van der Waals surface area contributed by atoms with E-state index in [1.807, 2.05) is 29.5 Å². The fourth-order valence-electron chi connectivity index (χ4n) is 2.19. The van der Waals surface area contributed by atoms with E-state index in [4.69, 9.17) is 5.73 Å². The molecule has 21 heavy (non-hydrogen) atoms. The molecule has 0 saturated carbocycles. The Labute approximate surface area is 136 Å². The SMILES string of the molecule is Cc1cc(CCCC(=O)Nc2ccccc2N)c(C)s1.Cl. The Bertz CT molecular complexity index is 610. The molecule has 0 saturated heterocycles. The van der Waals surface area contributed by atoms with E-state index in [2.05, 4.69) is 25.2 Å². The standard InChI is InChI=1S/C16H20N2OS.ClH/c1-11-10-13(12(2)20-11)6-5-9-16(19)18-15-8-4-3-7-14(15)17;/h3-4,7-8,10H,5-6,9,17H2,1-2H3,(H,18,19);1H. The summed E-state index contributed by atoms with van der Waals surface area (Å²) in [5, 5.41) is 2.85. The topological polar surface area (TPSA) is 55.1 Å². The summed E-state index contributed by atoms with van der Waals surface area (Å²) in [7, 11) is 0. The van der Waals surface area contributed by atoms with Gasteiger partial charge < -0.3 is 11.1 Å². The number of benzene rings is 1. The second-order valence-corrected chi connectivity index (χ2v) is 6.39. The quantitative estimate of drug-likeness (QED) is 0.804. The number of anilines is 2. The zero-order chi connectivity index (χ0) is 14.5. The van der Waals surface area contributed by atoms with E-state index in [0.29, 0.717) is 17.8 Å². The molecule has 3 nitrogen and oxygen atoms in total. The van der Waals surface area contributed by atoms with Gasteiger partial charge in [-0.15, -0.1) is 23.7 Å². The van der Waals surface area contributed by atoms with Crippen molar-refractivity contribution < 1.29 is 4.79 Å². The number of hydrogen-bond acceptors (Lipinski definition) is 3. The fraction of sp³-hybridized carbons (Fsp3) is 0.312. The molecule has 0 bridgehead atoms. The van der Waals surface area contributed by atoms with Crippen LogP contribution in [0.5, 0.6) is 0 Å². The number of amides is 1. The first-order valence-corrected chi connectivity index (χ1v) is 7.58. The molecular weight excluding hydrogens is 304 g/mol. The maximum Gasteiger partial charge on any atom is 0.224 e. The van der Waals surface area contributed by atoms with Crippen LogP contribution in [0.1, 0.15) is 28.2 Å². The minimum Gasteiger partial charge on any atom is -0.397 e. The Balaban J connectivity index is 0.00000220. The number of nitrogens with two attached hydrogens (primary N) is 1. The molecule has 0 radical (unpaired) electrons. The number of nitrogen functional groups attached to an aromatic ring is 1. The predicted octanol–water partition coefficient (Wildman–Crippen LogP) is 4.33. The van der Waals surface area contributed by atoms with Gasteiger partial charge in [-0.1, -0.05) is 12.1 Å². The van der Waals surface area contributed by atoms with Gasteiger partial charge in [0.05, 0.1) is 11.4 Å². The maximum atomic E-state index is 11.9. The molecule has 0 unspecified atom stereocenters. The molecule has 1 amide bonds. The summed E-state index contributed by atoms with van der Waals surface area (Å²) >= 11 is 1.82. The summed E-state index contributed by atoms with van der Waals surface area (Å²) in [5.41, 5.74) is 8.46. The zero-order valence-electron chi connectivity index (χ0n) is 12.3. The number of nitrogens with one attached hydrogen (secondary N) is 1. The molecule has 2 aromatic rings. The Hall–Kier alpha value is -1.52. The van der Waals surface area contributed by atoms with Crippen molar-refractivity contribution in [2.24, 2.45) is 0 Å². The highest BCUT2D eigenvalue weighted by atomic mass is 35.5. The molecule has 1 aromatic carbocycles. The molecule has 0 fully saturated rings. The van der Waals surface area contributed by atoms with Crippen molar-refractivity contribution in [2.75, 3.05) is 11.1 Å². The minimum absolute atomic E-state index is 0. The summed E-state index contributed by atoms with van der Waals surface area (Å²) in [5.74, 6) is 0.0208. The average molecular weight is 325 g/mol. The molecule has 0 aliphatic rings. The van der Waals surface area contributed by atoms with Crippen molar-refractivity contribution >= 4 is 41.0 Å². The second kappa shape index (κ2) is 8.05. The number of aryl methyl sites for hydroxylation is 3. The maximum absolute atomic E-state index is 11.9. The van der Waals surface area contributed by atoms with Crippen molar-refractivity contribution in [1.29, 1.82) is 0 Å². The van der Waals surface area contributed by atoms with E-state index in [9.17, 15) is 4.79 Å². The lowest BCUT2D eigenvalue weighted by Gasteiger charge is -2.07. The minimum atomic E-state index is 0. The third-order valence-corrected chi connectivity index (χ3v) is 4.24. The molecule has 0 aliphatic heterocycles. The van der Waals surface area contributed by atoms with Crippen molar-refractivity contribution in [2.45, 2.75) is 33.1 Å². The number of thiophene rings is 1. The molecule has 114 valence electrons. The molecular formula is C16H21ClN2OS. The average Bonchev–Trinajstić information content (AvgIpc) is 2.71. The van der Waals surface area contributed by atoms with E-state index in [-0.39, 0.29) is 18.3 Å². The van der Waals surface area contributed by atoms with Crippen molar-refractivity contribution in [3.63, 3.8) is 0 Å². The van der Waals surface area contributed by atoms with Gasteiger partial charge >= 0.3 is 0 Å². The molecule has 0 spiro atoms. The van der Waals surface area contributed by atoms with Gasteiger partial charge in [0.1, 0.15) is 0 Å². The van der Waals surface area contributed by atoms with Crippen LogP contribution in [0, 0.1) is 13.8 Å². The smallest absolute Gasteiger partial charge is 0.224 e. The zero-order valence-corrected chi connectivity index (χ0v) is 13.9. The summed E-state index contributed by atoms with van der Waals surface area (Å²) in [6, 6.07) is 9.54. The Morgan fingerprint density at radius 3 is 2.62 bits per heavy atom. The van der Waals surface area contributed by atoms with Crippen LogP contribution in [0.3, 0.4) is 0 Å². The van der Waals surface area contributed by atoms with Crippen LogP contribution in [-0.4, -0.2) is 5.91 Å². The van der Waals surface area contributed by atoms with Crippen LogP contribution in [0.15, 0.2) is 30.3 Å². The molecule has 3 N–H and O–H groups in total. The molecule has 1 heterocycles. The molecule has 1 aromatic heterocycles. The second-order valence-electron chi connectivity index (χ2n) is 4.93. The van der Waals surface area contributed by atoms with Gasteiger partial charge in [-0.05, 0) is 50.5 Å². The Morgan fingerprint density at radius 2 is 2.00 bits per heavy atom. The van der Waals surface area contributed by atoms with E-state index in [1.165, 1.54) is 15.3 Å². The fourth-order valence-corrected chi connectivity index (χ4v) is 3.17. The van der Waals surface area contributed by atoms with Crippen LogP contribution in [0.2, 0.25) is 0 Å². The van der Waals surface area contributed by atoms with Crippen molar-refractivity contribution in [3.05, 3.63) is 45.6 Å². The van der Waals surface area contributed by atoms with Crippen LogP contribution < -0.4 is 11.1 Å². The number of halogens is 1. The van der Waals surface area contributed by atoms with Gasteiger partial charge in [-0.3, -0.25) is 4.79 Å². The third kappa shape index (κ3) is 5.06. The van der Waals surface area contributed by atoms with Crippen LogP contribution in [0.4, 0.5) is 11.4 Å². The lowest BCUT2D eigenvalue weighted by atomic mass is 10.1. The number of carbonyl (C=O) groups excluding carboxylic acids is 1. The highest BCUT2D eigenvalue weighted by Gasteiger charge is 2.07. The highest BCUT2D eigenvalue weighted by molar-refractivity contribution is 7.12. The summed E-state index contributed by atoms with van der Waals surface area (Å²) < 4.78 is 0. The van der Waals surface area contributed by atoms with Crippen LogP contribution in [0.25, 0.3) is 0 Å². The number of hydrogen-bond donors (Lipinski definition) is 2. The van der Waals surface area contributed by atoms with Gasteiger partial charge in [0.15, 0.2) is 0 Å². The lowest BCUT2D eigenvalue weighted by Crippen LogP contribution is -2.12. The highest BCUT2D eigenvalue weighted by Crippen LogP contribution is 2.22. The number of para-hydroxylation sites is 2. The normalized spacial score (nSPS) is 10.0.